The van der Waals surface area contributed by atoms with E-state index < -0.39 is 47.5 Å². The van der Waals surface area contributed by atoms with Gasteiger partial charge in [-0.2, -0.15) is 0 Å². The molecule has 0 saturated carbocycles. The number of aliphatic hydroxyl groups is 1. The van der Waals surface area contributed by atoms with Crippen molar-refractivity contribution in [3.63, 3.8) is 0 Å². The number of aliphatic imine (C=N–C) groups is 1. The predicted octanol–water partition coefficient (Wildman–Crippen LogP) is 5.30. The lowest BCUT2D eigenvalue weighted by Gasteiger charge is -2.44. The van der Waals surface area contributed by atoms with Gasteiger partial charge in [-0.05, 0) is 80.1 Å². The van der Waals surface area contributed by atoms with Crippen molar-refractivity contribution in [2.45, 2.75) is 63.9 Å². The van der Waals surface area contributed by atoms with Gasteiger partial charge in [0.05, 0.1) is 17.7 Å². The number of amides is 2. The number of carbonyl (C=O) groups is 2. The fraction of sp³-hybridized carbons (Fsp3) is 0.364. The summed E-state index contributed by atoms with van der Waals surface area (Å²) < 4.78 is 41.6. The fourth-order valence-electron chi connectivity index (χ4n) is 6.40. The molecule has 226 valence electrons. The maximum Gasteiger partial charge on any atom is 0.272 e. The van der Waals surface area contributed by atoms with Gasteiger partial charge in [-0.3, -0.25) is 9.59 Å². The Morgan fingerprint density at radius 1 is 0.930 bits per heavy atom. The molecule has 3 unspecified atom stereocenters. The summed E-state index contributed by atoms with van der Waals surface area (Å²) >= 11 is 0. The number of hydrogen-bond donors (Lipinski definition) is 2. The van der Waals surface area contributed by atoms with Crippen LogP contribution in [0.1, 0.15) is 62.3 Å². The molecule has 0 aliphatic carbocycles. The molecule has 2 N–H and O–H groups in total. The van der Waals surface area contributed by atoms with Crippen LogP contribution in [0.5, 0.6) is 0 Å². The number of halogens is 3. The second-order valence-corrected chi connectivity index (χ2v) is 11.6. The number of benzodiazepines with no additional fused rings is 1. The van der Waals surface area contributed by atoms with Crippen LogP contribution >= 0.6 is 0 Å². The summed E-state index contributed by atoms with van der Waals surface area (Å²) in [7, 11) is 1.61. The van der Waals surface area contributed by atoms with Crippen LogP contribution in [0.4, 0.5) is 18.9 Å². The molecule has 0 spiro atoms. The molecule has 3 aromatic rings. The summed E-state index contributed by atoms with van der Waals surface area (Å²) in [6.45, 7) is 6.44. The molecule has 2 aliphatic rings. The number of carbonyl (C=O) groups excluding carboxylic acids is 2. The van der Waals surface area contributed by atoms with E-state index in [0.29, 0.717) is 17.4 Å². The zero-order valence-electron chi connectivity index (χ0n) is 24.5. The number of piperidine rings is 1. The minimum Gasteiger partial charge on any atom is -0.387 e. The number of benzene rings is 3. The van der Waals surface area contributed by atoms with Crippen LogP contribution in [0.15, 0.2) is 71.7 Å². The van der Waals surface area contributed by atoms with E-state index in [2.05, 4.69) is 31.0 Å². The highest BCUT2D eigenvalue weighted by atomic mass is 19.2. The average Bonchev–Trinajstić information content (AvgIpc) is 3.06. The van der Waals surface area contributed by atoms with Crippen molar-refractivity contribution in [1.29, 1.82) is 0 Å². The van der Waals surface area contributed by atoms with E-state index in [1.165, 1.54) is 23.1 Å². The first kappa shape index (κ1) is 30.3. The number of nitrogens with one attached hydrogen (secondary N) is 1. The summed E-state index contributed by atoms with van der Waals surface area (Å²) in [6, 6.07) is 15.4. The first-order valence-corrected chi connectivity index (χ1v) is 14.4. The number of hydrogen-bond acceptors (Lipinski definition) is 5. The molecule has 2 aliphatic heterocycles. The molecule has 1 saturated heterocycles. The molecule has 0 bridgehead atoms. The third-order valence-electron chi connectivity index (χ3n) is 8.39. The van der Waals surface area contributed by atoms with E-state index >= 15 is 0 Å². The summed E-state index contributed by atoms with van der Waals surface area (Å²) in [5, 5.41) is 14.0. The van der Waals surface area contributed by atoms with Gasteiger partial charge in [-0.15, -0.1) is 0 Å². The molecular weight excluding hydrogens is 557 g/mol. The van der Waals surface area contributed by atoms with Crippen LogP contribution in [0.25, 0.3) is 0 Å². The van der Waals surface area contributed by atoms with Crippen LogP contribution in [0, 0.1) is 23.4 Å². The molecule has 2 amide bonds. The first-order chi connectivity index (χ1) is 20.5. The molecule has 5 rings (SSSR count). The van der Waals surface area contributed by atoms with Gasteiger partial charge in [-0.1, -0.05) is 37.3 Å². The predicted molar refractivity (Wildman–Crippen MR) is 158 cm³/mol. The Morgan fingerprint density at radius 2 is 1.56 bits per heavy atom. The maximum absolute atomic E-state index is 14.1. The summed E-state index contributed by atoms with van der Waals surface area (Å²) in [5.74, 6) is -4.47. The minimum absolute atomic E-state index is 0.0608. The molecule has 0 radical (unpaired) electrons. The molecule has 2 heterocycles. The Hall–Kier alpha value is -4.18. The quantitative estimate of drug-likeness (QED) is 0.422. The third-order valence-corrected chi connectivity index (χ3v) is 8.39. The molecule has 43 heavy (non-hydrogen) atoms. The van der Waals surface area contributed by atoms with Gasteiger partial charge in [0.1, 0.15) is 11.7 Å². The van der Waals surface area contributed by atoms with E-state index in [1.807, 2.05) is 24.3 Å². The van der Waals surface area contributed by atoms with Crippen molar-refractivity contribution in [3.8, 4) is 0 Å². The molecule has 10 heteroatoms. The van der Waals surface area contributed by atoms with Crippen LogP contribution in [0.2, 0.25) is 0 Å². The molecule has 1 fully saturated rings. The Kier molecular flexibility index (Phi) is 8.59. The number of para-hydroxylation sites is 1. The molecule has 5 atom stereocenters. The fourth-order valence-corrected chi connectivity index (χ4v) is 6.40. The van der Waals surface area contributed by atoms with Gasteiger partial charge >= 0.3 is 0 Å². The monoisotopic (exact) mass is 592 g/mol. The van der Waals surface area contributed by atoms with Crippen molar-refractivity contribution in [2.24, 2.45) is 10.9 Å². The number of anilines is 1. The standard InChI is InChI=1S/C33H35F3N4O3/c1-18-15-19(2)40(20(3)16-18)31-24-7-5-6-8-27(24)39(4)33(43)30(37-31)38-32(42)28(21-9-12-23(34)13-10-21)29(41)22-11-14-25(35)26(36)17-22/h5-14,17-20,28-30,41H,15-16H2,1-4H3,(H,38,42)/t18?,19?,20?,28-,29+,30?/m1/s1. The van der Waals surface area contributed by atoms with E-state index in [-0.39, 0.29) is 23.2 Å². The number of aliphatic hydroxyl groups excluding tert-OH is 1. The van der Waals surface area contributed by atoms with Gasteiger partial charge in [0.2, 0.25) is 12.1 Å². The lowest BCUT2D eigenvalue weighted by atomic mass is 9.87. The molecule has 7 nitrogen and oxygen atoms in total. The topological polar surface area (TPSA) is 85.2 Å². The zero-order chi connectivity index (χ0) is 31.0. The van der Waals surface area contributed by atoms with Crippen LogP contribution in [0.3, 0.4) is 0 Å². The Morgan fingerprint density at radius 3 is 2.21 bits per heavy atom. The van der Waals surface area contributed by atoms with E-state index in [4.69, 9.17) is 4.99 Å². The molecule has 0 aromatic heterocycles. The largest absolute Gasteiger partial charge is 0.387 e. The smallest absolute Gasteiger partial charge is 0.272 e. The van der Waals surface area contributed by atoms with Crippen molar-refractivity contribution in [1.82, 2.24) is 10.2 Å². The lowest BCUT2D eigenvalue weighted by Crippen LogP contribution is -2.51. The van der Waals surface area contributed by atoms with Crippen molar-refractivity contribution in [3.05, 3.63) is 101 Å². The zero-order valence-corrected chi connectivity index (χ0v) is 24.5. The Balaban J connectivity index is 1.56. The van der Waals surface area contributed by atoms with Gasteiger partial charge < -0.3 is 20.2 Å². The normalized spacial score (nSPS) is 23.6. The second-order valence-electron chi connectivity index (χ2n) is 11.6. The van der Waals surface area contributed by atoms with Crippen LogP contribution in [-0.4, -0.2) is 53.0 Å². The van der Waals surface area contributed by atoms with Gasteiger partial charge in [-0.25, -0.2) is 18.2 Å². The highest BCUT2D eigenvalue weighted by Gasteiger charge is 2.39. The van der Waals surface area contributed by atoms with Gasteiger partial charge in [0.15, 0.2) is 11.6 Å². The van der Waals surface area contributed by atoms with Gasteiger partial charge in [0.25, 0.3) is 5.91 Å². The van der Waals surface area contributed by atoms with Crippen molar-refractivity contribution in [2.75, 3.05) is 11.9 Å². The number of nitrogens with zero attached hydrogens (tertiary/aromatic N) is 3. The second kappa shape index (κ2) is 12.2. The van der Waals surface area contributed by atoms with Crippen LogP contribution in [-0.2, 0) is 9.59 Å². The highest BCUT2D eigenvalue weighted by molar-refractivity contribution is 6.12. The Bertz CT molecular complexity index is 1530. The first-order valence-electron chi connectivity index (χ1n) is 14.4. The summed E-state index contributed by atoms with van der Waals surface area (Å²) in [6.07, 6.45) is -1.15. The van der Waals surface area contributed by atoms with Crippen molar-refractivity contribution < 1.29 is 27.9 Å². The number of likely N-dealkylation sites (tertiary alicyclic amines) is 1. The Labute approximate surface area is 249 Å². The van der Waals surface area contributed by atoms with E-state index in [0.717, 1.165) is 42.7 Å². The number of fused-ring (bicyclic) bond motifs is 1. The minimum atomic E-state index is -1.65. The number of rotatable bonds is 5. The summed E-state index contributed by atoms with van der Waals surface area (Å²) in [4.78, 5) is 36.3. The van der Waals surface area contributed by atoms with Crippen molar-refractivity contribution >= 4 is 23.3 Å². The maximum atomic E-state index is 14.1. The summed E-state index contributed by atoms with van der Waals surface area (Å²) in [5.41, 5.74) is 1.54. The third kappa shape index (κ3) is 6.01. The molecular formula is C33H35F3N4O3. The van der Waals surface area contributed by atoms with E-state index in [1.54, 1.807) is 7.05 Å². The number of likely N-dealkylation sites (N-methyl/N-ethyl adjacent to an activating group) is 1. The van der Waals surface area contributed by atoms with Gasteiger partial charge in [0, 0.05) is 24.7 Å². The van der Waals surface area contributed by atoms with Crippen LogP contribution < -0.4 is 10.2 Å². The highest BCUT2D eigenvalue weighted by Crippen LogP contribution is 2.35. The molecule has 3 aromatic carbocycles. The van der Waals surface area contributed by atoms with E-state index in [9.17, 15) is 27.9 Å². The SMILES string of the molecule is CC1CC(C)N(C2=NC(NC(=O)[C@H](c3ccc(F)cc3)[C@@H](O)c3ccc(F)c(F)c3)C(=O)N(C)c3ccccc32)C(C)C1. The lowest BCUT2D eigenvalue weighted by molar-refractivity contribution is -0.130. The number of amidine groups is 1. The average molecular weight is 593 g/mol.